The summed E-state index contributed by atoms with van der Waals surface area (Å²) in [5, 5.41) is 8.10. The van der Waals surface area contributed by atoms with Crippen molar-refractivity contribution < 1.29 is 4.52 Å². The van der Waals surface area contributed by atoms with Crippen LogP contribution in [0.15, 0.2) is 28.8 Å². The summed E-state index contributed by atoms with van der Waals surface area (Å²) < 4.78 is 5.29. The number of hydrogen-bond donors (Lipinski definition) is 1. The molecule has 1 N–H and O–H groups in total. The van der Waals surface area contributed by atoms with Crippen molar-refractivity contribution in [3.63, 3.8) is 0 Å². The van der Waals surface area contributed by atoms with Gasteiger partial charge in [-0.1, -0.05) is 30.6 Å². The van der Waals surface area contributed by atoms with Gasteiger partial charge in [0.15, 0.2) is 0 Å². The topological polar surface area (TPSA) is 51.0 Å². The molecule has 0 saturated carbocycles. The molecule has 102 valence electrons. The van der Waals surface area contributed by atoms with E-state index >= 15 is 0 Å². The Balaban J connectivity index is 2.08. The van der Waals surface area contributed by atoms with Gasteiger partial charge in [-0.25, -0.2) is 0 Å². The number of halogens is 1. The number of rotatable bonds is 6. The molecule has 0 radical (unpaired) electrons. The first-order chi connectivity index (χ1) is 9.22. The average molecular weight is 280 g/mol. The maximum Gasteiger partial charge on any atom is 0.228 e. The smallest absolute Gasteiger partial charge is 0.228 e. The number of nitrogens with zero attached hydrogens (tertiary/aromatic N) is 2. The highest BCUT2D eigenvalue weighted by Gasteiger charge is 2.13. The molecular weight excluding hydrogens is 262 g/mol. The molecule has 1 aromatic heterocycles. The third-order valence-corrected chi connectivity index (χ3v) is 3.23. The zero-order chi connectivity index (χ0) is 13.7. The zero-order valence-electron chi connectivity index (χ0n) is 11.2. The van der Waals surface area contributed by atoms with E-state index in [1.165, 1.54) is 0 Å². The lowest BCUT2D eigenvalue weighted by Crippen LogP contribution is -2.30. The summed E-state index contributed by atoms with van der Waals surface area (Å²) in [6.45, 7) is 5.18. The van der Waals surface area contributed by atoms with Gasteiger partial charge in [0.2, 0.25) is 11.7 Å². The van der Waals surface area contributed by atoms with E-state index in [2.05, 4.69) is 29.3 Å². The lowest BCUT2D eigenvalue weighted by atomic mass is 10.1. The zero-order valence-corrected chi connectivity index (χ0v) is 11.9. The van der Waals surface area contributed by atoms with Crippen LogP contribution in [-0.4, -0.2) is 22.7 Å². The molecule has 0 spiro atoms. The Morgan fingerprint density at radius 2 is 2.00 bits per heavy atom. The van der Waals surface area contributed by atoms with Crippen LogP contribution in [0.3, 0.4) is 0 Å². The van der Waals surface area contributed by atoms with Crippen LogP contribution < -0.4 is 5.32 Å². The van der Waals surface area contributed by atoms with Gasteiger partial charge in [-0.3, -0.25) is 0 Å². The summed E-state index contributed by atoms with van der Waals surface area (Å²) in [4.78, 5) is 4.42. The van der Waals surface area contributed by atoms with Gasteiger partial charge in [-0.2, -0.15) is 4.98 Å². The standard InChI is InChI=1S/C14H18ClN3O/c1-3-12(16-4-2)9-13-17-14(18-19-13)10-5-7-11(15)8-6-10/h5-8,12,16H,3-4,9H2,1-2H3. The maximum absolute atomic E-state index is 5.85. The Morgan fingerprint density at radius 1 is 1.26 bits per heavy atom. The molecule has 5 heteroatoms. The van der Waals surface area contributed by atoms with Gasteiger partial charge in [0.25, 0.3) is 0 Å². The van der Waals surface area contributed by atoms with Crippen LogP contribution in [0.25, 0.3) is 11.4 Å². The Morgan fingerprint density at radius 3 is 2.63 bits per heavy atom. The predicted molar refractivity (Wildman–Crippen MR) is 76.2 cm³/mol. The van der Waals surface area contributed by atoms with Crippen molar-refractivity contribution >= 4 is 11.6 Å². The normalized spacial score (nSPS) is 12.6. The van der Waals surface area contributed by atoms with Crippen molar-refractivity contribution in [2.75, 3.05) is 6.54 Å². The van der Waals surface area contributed by atoms with E-state index in [1.807, 2.05) is 24.3 Å². The van der Waals surface area contributed by atoms with Crippen LogP contribution in [0.5, 0.6) is 0 Å². The first-order valence-electron chi connectivity index (χ1n) is 6.54. The van der Waals surface area contributed by atoms with Crippen molar-refractivity contribution in [3.05, 3.63) is 35.2 Å². The van der Waals surface area contributed by atoms with E-state index in [0.29, 0.717) is 22.8 Å². The van der Waals surface area contributed by atoms with Crippen molar-refractivity contribution in [3.8, 4) is 11.4 Å². The minimum atomic E-state index is 0.378. The second kappa shape index (κ2) is 6.68. The first kappa shape index (κ1) is 14.0. The lowest BCUT2D eigenvalue weighted by molar-refractivity contribution is 0.355. The van der Waals surface area contributed by atoms with Crippen molar-refractivity contribution in [2.45, 2.75) is 32.7 Å². The van der Waals surface area contributed by atoms with Crippen LogP contribution in [0.1, 0.15) is 26.2 Å². The van der Waals surface area contributed by atoms with Gasteiger partial charge in [-0.05, 0) is 37.2 Å². The van der Waals surface area contributed by atoms with Gasteiger partial charge in [0.1, 0.15) is 0 Å². The van der Waals surface area contributed by atoms with Gasteiger partial charge in [-0.15, -0.1) is 0 Å². The van der Waals surface area contributed by atoms with Crippen LogP contribution in [-0.2, 0) is 6.42 Å². The molecule has 1 unspecified atom stereocenters. The highest BCUT2D eigenvalue weighted by atomic mass is 35.5. The summed E-state index contributed by atoms with van der Waals surface area (Å²) in [7, 11) is 0. The Labute approximate surface area is 118 Å². The summed E-state index contributed by atoms with van der Waals surface area (Å²) >= 11 is 5.85. The van der Waals surface area contributed by atoms with Crippen LogP contribution in [0.4, 0.5) is 0 Å². The molecule has 19 heavy (non-hydrogen) atoms. The Bertz CT molecular complexity index is 510. The molecule has 0 aliphatic heterocycles. The molecule has 4 nitrogen and oxygen atoms in total. The summed E-state index contributed by atoms with van der Waals surface area (Å²) in [6.07, 6.45) is 1.79. The van der Waals surface area contributed by atoms with Crippen molar-refractivity contribution in [1.82, 2.24) is 15.5 Å². The first-order valence-corrected chi connectivity index (χ1v) is 6.92. The van der Waals surface area contributed by atoms with Gasteiger partial charge >= 0.3 is 0 Å². The fourth-order valence-electron chi connectivity index (χ4n) is 1.91. The fraction of sp³-hybridized carbons (Fsp3) is 0.429. The fourth-order valence-corrected chi connectivity index (χ4v) is 2.04. The van der Waals surface area contributed by atoms with E-state index in [9.17, 15) is 0 Å². The van der Waals surface area contributed by atoms with Crippen molar-refractivity contribution in [2.24, 2.45) is 0 Å². The summed E-state index contributed by atoms with van der Waals surface area (Å²) in [5.74, 6) is 1.27. The summed E-state index contributed by atoms with van der Waals surface area (Å²) in [5.41, 5.74) is 0.913. The second-order valence-corrected chi connectivity index (χ2v) is 4.82. The number of hydrogen-bond acceptors (Lipinski definition) is 4. The SMILES string of the molecule is CCNC(CC)Cc1nc(-c2ccc(Cl)cc2)no1. The average Bonchev–Trinajstić information content (AvgIpc) is 2.87. The Hall–Kier alpha value is -1.39. The largest absolute Gasteiger partial charge is 0.339 e. The highest BCUT2D eigenvalue weighted by Crippen LogP contribution is 2.19. The number of likely N-dealkylation sites (N-methyl/N-ethyl adjacent to an activating group) is 1. The molecule has 0 fully saturated rings. The van der Waals surface area contributed by atoms with E-state index in [4.69, 9.17) is 16.1 Å². The third-order valence-electron chi connectivity index (χ3n) is 2.98. The molecule has 0 aliphatic carbocycles. The third kappa shape index (κ3) is 3.78. The molecule has 2 rings (SSSR count). The summed E-state index contributed by atoms with van der Waals surface area (Å²) in [6, 6.07) is 7.79. The monoisotopic (exact) mass is 279 g/mol. The molecule has 0 saturated heterocycles. The minimum absolute atomic E-state index is 0.378. The second-order valence-electron chi connectivity index (χ2n) is 4.39. The Kier molecular flexibility index (Phi) is 4.93. The van der Waals surface area contributed by atoms with E-state index in [0.717, 1.165) is 24.9 Å². The highest BCUT2D eigenvalue weighted by molar-refractivity contribution is 6.30. The molecule has 1 aromatic carbocycles. The van der Waals surface area contributed by atoms with Crippen LogP contribution in [0, 0.1) is 0 Å². The van der Waals surface area contributed by atoms with Gasteiger partial charge in [0.05, 0.1) is 0 Å². The molecule has 0 amide bonds. The quantitative estimate of drug-likeness (QED) is 0.881. The molecule has 0 aliphatic rings. The minimum Gasteiger partial charge on any atom is -0.339 e. The van der Waals surface area contributed by atoms with E-state index in [1.54, 1.807) is 0 Å². The van der Waals surface area contributed by atoms with Gasteiger partial charge in [0, 0.05) is 23.0 Å². The predicted octanol–water partition coefficient (Wildman–Crippen LogP) is 3.32. The molecule has 2 aromatic rings. The molecular formula is C14H18ClN3O. The van der Waals surface area contributed by atoms with E-state index < -0.39 is 0 Å². The molecule has 1 atom stereocenters. The number of nitrogens with one attached hydrogen (secondary N) is 1. The van der Waals surface area contributed by atoms with Crippen LogP contribution in [0.2, 0.25) is 5.02 Å². The van der Waals surface area contributed by atoms with Gasteiger partial charge < -0.3 is 9.84 Å². The lowest BCUT2D eigenvalue weighted by Gasteiger charge is -2.12. The number of benzene rings is 1. The van der Waals surface area contributed by atoms with Crippen LogP contribution >= 0.6 is 11.6 Å². The molecule has 0 bridgehead atoms. The maximum atomic E-state index is 5.85. The molecule has 1 heterocycles. The van der Waals surface area contributed by atoms with E-state index in [-0.39, 0.29) is 0 Å². The number of aromatic nitrogens is 2. The van der Waals surface area contributed by atoms with Crippen molar-refractivity contribution in [1.29, 1.82) is 0 Å².